The number of carbonyl (C=O) groups is 2. The fourth-order valence-corrected chi connectivity index (χ4v) is 4.53. The molecule has 0 aromatic heterocycles. The standard InChI is InChI=1S/C27H23F3N4O4/c28-27(29,30)22-15-23-19(14-24(32-23)31-20-6-2-4-17(12-20)25(35)33-37)13-21(22)16-3-1-5-18(11-16)26(36)34-7-9-38-10-8-34/h1-6,11-13,15,37H,7-10,14H2,(H,31,32)(H,33,35). The molecule has 0 bridgehead atoms. The molecule has 3 aromatic rings. The van der Waals surface area contributed by atoms with Gasteiger partial charge in [0.25, 0.3) is 11.8 Å². The van der Waals surface area contributed by atoms with E-state index < -0.39 is 17.6 Å². The third kappa shape index (κ3) is 5.24. The van der Waals surface area contributed by atoms with E-state index in [2.05, 4.69) is 10.3 Å². The fourth-order valence-electron chi connectivity index (χ4n) is 4.53. The molecule has 2 aliphatic rings. The molecule has 2 heterocycles. The van der Waals surface area contributed by atoms with Crippen molar-refractivity contribution in [2.45, 2.75) is 12.6 Å². The van der Waals surface area contributed by atoms with Crippen LogP contribution >= 0.6 is 0 Å². The minimum absolute atomic E-state index is 0.0362. The van der Waals surface area contributed by atoms with E-state index in [1.165, 1.54) is 24.3 Å². The van der Waals surface area contributed by atoms with Crippen molar-refractivity contribution in [1.29, 1.82) is 0 Å². The van der Waals surface area contributed by atoms with Gasteiger partial charge in [-0.1, -0.05) is 18.2 Å². The molecule has 0 saturated carbocycles. The van der Waals surface area contributed by atoms with E-state index in [4.69, 9.17) is 9.94 Å². The van der Waals surface area contributed by atoms with Gasteiger partial charge in [0.15, 0.2) is 0 Å². The molecule has 38 heavy (non-hydrogen) atoms. The van der Waals surface area contributed by atoms with Gasteiger partial charge in [-0.3, -0.25) is 14.8 Å². The lowest BCUT2D eigenvalue weighted by atomic mass is 9.94. The van der Waals surface area contributed by atoms with Crippen LogP contribution < -0.4 is 10.8 Å². The van der Waals surface area contributed by atoms with E-state index in [0.717, 1.165) is 6.07 Å². The van der Waals surface area contributed by atoms with Gasteiger partial charge in [0.05, 0.1) is 24.5 Å². The monoisotopic (exact) mass is 524 g/mol. The second-order valence-electron chi connectivity index (χ2n) is 8.89. The molecule has 11 heteroatoms. The number of nitrogens with one attached hydrogen (secondary N) is 2. The number of morpholine rings is 1. The summed E-state index contributed by atoms with van der Waals surface area (Å²) >= 11 is 0. The number of hydroxylamine groups is 1. The van der Waals surface area contributed by atoms with Crippen molar-refractivity contribution in [3.63, 3.8) is 0 Å². The maximum Gasteiger partial charge on any atom is 0.417 e. The molecule has 1 fully saturated rings. The van der Waals surface area contributed by atoms with Gasteiger partial charge in [0.1, 0.15) is 5.84 Å². The normalized spacial score (nSPS) is 15.1. The lowest BCUT2D eigenvalue weighted by Gasteiger charge is -2.27. The van der Waals surface area contributed by atoms with Gasteiger partial charge in [-0.15, -0.1) is 0 Å². The minimum atomic E-state index is -4.65. The lowest BCUT2D eigenvalue weighted by molar-refractivity contribution is -0.137. The third-order valence-corrected chi connectivity index (χ3v) is 6.37. The first-order chi connectivity index (χ1) is 18.2. The van der Waals surface area contributed by atoms with Crippen LogP contribution in [0.15, 0.2) is 65.7 Å². The smallest absolute Gasteiger partial charge is 0.378 e. The summed E-state index contributed by atoms with van der Waals surface area (Å²) in [7, 11) is 0. The average Bonchev–Trinajstić information content (AvgIpc) is 3.33. The number of amides is 2. The number of fused-ring (bicyclic) bond motifs is 1. The second-order valence-corrected chi connectivity index (χ2v) is 8.89. The summed E-state index contributed by atoms with van der Waals surface area (Å²) in [6, 6.07) is 15.0. The molecule has 2 aliphatic heterocycles. The van der Waals surface area contributed by atoms with E-state index in [9.17, 15) is 22.8 Å². The SMILES string of the molecule is O=C(NO)c1cccc(NC2=Nc3cc(C(F)(F)F)c(-c4cccc(C(=O)N5CCOCC5)c4)cc3C2)c1. The van der Waals surface area contributed by atoms with Crippen molar-refractivity contribution in [3.8, 4) is 11.1 Å². The van der Waals surface area contributed by atoms with Crippen LogP contribution in [0.3, 0.4) is 0 Å². The molecule has 0 spiro atoms. The number of benzene rings is 3. The number of amidine groups is 1. The number of ether oxygens (including phenoxy) is 1. The highest BCUT2D eigenvalue weighted by Gasteiger charge is 2.36. The van der Waals surface area contributed by atoms with Crippen LogP contribution in [0.5, 0.6) is 0 Å². The molecule has 0 aliphatic carbocycles. The average molecular weight is 524 g/mol. The summed E-state index contributed by atoms with van der Waals surface area (Å²) in [5.41, 5.74) is 2.72. The molecule has 196 valence electrons. The van der Waals surface area contributed by atoms with Crippen molar-refractivity contribution in [1.82, 2.24) is 10.4 Å². The molecule has 2 amide bonds. The van der Waals surface area contributed by atoms with Crippen molar-refractivity contribution in [2.24, 2.45) is 4.99 Å². The molecular weight excluding hydrogens is 501 g/mol. The number of carbonyl (C=O) groups excluding carboxylic acids is 2. The van der Waals surface area contributed by atoms with Crippen molar-refractivity contribution in [2.75, 3.05) is 31.6 Å². The predicted octanol–water partition coefficient (Wildman–Crippen LogP) is 4.66. The number of alkyl halides is 3. The van der Waals surface area contributed by atoms with Crippen molar-refractivity contribution in [3.05, 3.63) is 82.9 Å². The van der Waals surface area contributed by atoms with Crippen LogP contribution in [-0.2, 0) is 17.3 Å². The number of halogens is 3. The highest BCUT2D eigenvalue weighted by Crippen LogP contribution is 2.42. The summed E-state index contributed by atoms with van der Waals surface area (Å²) in [5, 5.41) is 11.9. The number of nitrogens with zero attached hydrogens (tertiary/aromatic N) is 2. The van der Waals surface area contributed by atoms with E-state index in [1.54, 1.807) is 40.7 Å². The second kappa shape index (κ2) is 10.3. The summed E-state index contributed by atoms with van der Waals surface area (Å²) < 4.78 is 47.7. The molecule has 3 aromatic carbocycles. The summed E-state index contributed by atoms with van der Waals surface area (Å²) in [6.07, 6.45) is -4.41. The Morgan fingerprint density at radius 1 is 0.974 bits per heavy atom. The van der Waals surface area contributed by atoms with Gasteiger partial charge in [-0.2, -0.15) is 13.2 Å². The molecule has 1 saturated heterocycles. The molecule has 0 unspecified atom stereocenters. The van der Waals surface area contributed by atoms with Gasteiger partial charge in [-0.25, -0.2) is 10.5 Å². The highest BCUT2D eigenvalue weighted by atomic mass is 19.4. The van der Waals surface area contributed by atoms with Crippen LogP contribution in [0.2, 0.25) is 0 Å². The zero-order chi connectivity index (χ0) is 26.9. The van der Waals surface area contributed by atoms with E-state index in [0.29, 0.717) is 49.0 Å². The summed E-state index contributed by atoms with van der Waals surface area (Å²) in [5.74, 6) is -0.543. The Hall–Kier alpha value is -4.22. The topological polar surface area (TPSA) is 103 Å². The van der Waals surface area contributed by atoms with Crippen molar-refractivity contribution >= 4 is 29.0 Å². The third-order valence-electron chi connectivity index (χ3n) is 6.37. The Kier molecular flexibility index (Phi) is 6.87. The van der Waals surface area contributed by atoms with Gasteiger partial charge >= 0.3 is 6.18 Å². The number of hydrogen-bond donors (Lipinski definition) is 3. The molecule has 3 N–H and O–H groups in total. The Morgan fingerprint density at radius 3 is 2.45 bits per heavy atom. The quantitative estimate of drug-likeness (QED) is 0.340. The first-order valence-electron chi connectivity index (χ1n) is 11.8. The van der Waals surface area contributed by atoms with E-state index >= 15 is 0 Å². The predicted molar refractivity (Wildman–Crippen MR) is 134 cm³/mol. The van der Waals surface area contributed by atoms with Crippen LogP contribution in [0.1, 0.15) is 31.8 Å². The van der Waals surface area contributed by atoms with Crippen LogP contribution in [0.4, 0.5) is 24.5 Å². The molecule has 0 radical (unpaired) electrons. The van der Waals surface area contributed by atoms with E-state index in [1.807, 2.05) is 0 Å². The number of rotatable bonds is 4. The van der Waals surface area contributed by atoms with Gasteiger partial charge < -0.3 is 15.0 Å². The zero-order valence-corrected chi connectivity index (χ0v) is 20.0. The molecular formula is C27H23F3N4O4. The van der Waals surface area contributed by atoms with Gasteiger partial charge in [0, 0.05) is 36.3 Å². The van der Waals surface area contributed by atoms with Gasteiger partial charge in [0.2, 0.25) is 0 Å². The Morgan fingerprint density at radius 2 is 1.71 bits per heavy atom. The summed E-state index contributed by atoms with van der Waals surface area (Å²) in [6.45, 7) is 1.69. The van der Waals surface area contributed by atoms with Crippen LogP contribution in [0.25, 0.3) is 11.1 Å². The van der Waals surface area contributed by atoms with Crippen molar-refractivity contribution < 1.29 is 32.7 Å². The maximum absolute atomic E-state index is 14.1. The fraction of sp³-hybridized carbons (Fsp3) is 0.222. The number of aliphatic imine (C=N–C) groups is 1. The zero-order valence-electron chi connectivity index (χ0n) is 20.0. The summed E-state index contributed by atoms with van der Waals surface area (Å²) in [4.78, 5) is 30.6. The molecule has 5 rings (SSSR count). The Balaban J connectivity index is 1.45. The molecule has 8 nitrogen and oxygen atoms in total. The first-order valence-corrected chi connectivity index (χ1v) is 11.8. The van der Waals surface area contributed by atoms with Gasteiger partial charge in [-0.05, 0) is 59.2 Å². The highest BCUT2D eigenvalue weighted by molar-refractivity contribution is 6.03. The van der Waals surface area contributed by atoms with Crippen LogP contribution in [-0.4, -0.2) is 54.1 Å². The van der Waals surface area contributed by atoms with E-state index in [-0.39, 0.29) is 34.7 Å². The first kappa shape index (κ1) is 25.4. The number of hydrogen-bond acceptors (Lipinski definition) is 6. The minimum Gasteiger partial charge on any atom is -0.378 e. The Bertz CT molecular complexity index is 1430. The maximum atomic E-state index is 14.1. The largest absolute Gasteiger partial charge is 0.417 e. The molecule has 0 atom stereocenters. The van der Waals surface area contributed by atoms with Crippen LogP contribution in [0, 0.1) is 0 Å². The lowest BCUT2D eigenvalue weighted by Crippen LogP contribution is -2.40. The Labute approximate surface area is 215 Å². The number of anilines is 1.